The Morgan fingerprint density at radius 3 is 2.89 bits per heavy atom. The smallest absolute Gasteiger partial charge is 0.259 e. The summed E-state index contributed by atoms with van der Waals surface area (Å²) in [4.78, 5) is 30.4. The molecule has 0 unspecified atom stereocenters. The first kappa shape index (κ1) is 12.8. The average molecular weight is 262 g/mol. The van der Waals surface area contributed by atoms with Crippen molar-refractivity contribution in [3.05, 3.63) is 34.6 Å². The molecular weight excluding hydrogens is 248 g/mol. The fourth-order valence-electron chi connectivity index (χ4n) is 1.64. The quantitative estimate of drug-likeness (QED) is 0.678. The topological polar surface area (TPSA) is 62.8 Å². The van der Waals surface area contributed by atoms with E-state index in [1.54, 1.807) is 18.2 Å². The van der Waals surface area contributed by atoms with Crippen LogP contribution in [0.1, 0.15) is 20.3 Å². The fraction of sp³-hybridized carbons (Fsp3) is 0.308. The van der Waals surface area contributed by atoms with E-state index in [1.807, 2.05) is 19.9 Å². The first-order valence-corrected chi connectivity index (χ1v) is 6.68. The molecule has 1 aromatic carbocycles. The monoisotopic (exact) mass is 262 g/mol. The lowest BCUT2D eigenvalue weighted by Gasteiger charge is -2.08. The number of H-pyrrole nitrogens is 1. The van der Waals surface area contributed by atoms with Crippen LogP contribution in [0.5, 0.6) is 0 Å². The van der Waals surface area contributed by atoms with Gasteiger partial charge in [-0.15, -0.1) is 0 Å². The highest BCUT2D eigenvalue weighted by molar-refractivity contribution is 8.00. The molecule has 0 fully saturated rings. The highest BCUT2D eigenvalue weighted by atomic mass is 32.2. The molecule has 18 heavy (non-hydrogen) atoms. The summed E-state index contributed by atoms with van der Waals surface area (Å²) in [6, 6.07) is 7.16. The molecule has 5 heteroatoms. The second kappa shape index (κ2) is 5.35. The van der Waals surface area contributed by atoms with Gasteiger partial charge in [0.15, 0.2) is 5.16 Å². The summed E-state index contributed by atoms with van der Waals surface area (Å²) < 4.78 is 0. The van der Waals surface area contributed by atoms with Gasteiger partial charge in [0.05, 0.1) is 16.2 Å². The van der Waals surface area contributed by atoms with Crippen LogP contribution in [0.15, 0.2) is 34.2 Å². The Balaban J connectivity index is 2.35. The summed E-state index contributed by atoms with van der Waals surface area (Å²) >= 11 is 1.29. The summed E-state index contributed by atoms with van der Waals surface area (Å²) in [7, 11) is 0. The maximum absolute atomic E-state index is 11.8. The van der Waals surface area contributed by atoms with Gasteiger partial charge in [0.1, 0.15) is 5.78 Å². The van der Waals surface area contributed by atoms with Crippen molar-refractivity contribution in [1.29, 1.82) is 0 Å². The second-order valence-electron chi connectivity index (χ2n) is 3.97. The van der Waals surface area contributed by atoms with Crippen LogP contribution >= 0.6 is 11.8 Å². The molecule has 94 valence electrons. The maximum atomic E-state index is 11.8. The van der Waals surface area contributed by atoms with Crippen molar-refractivity contribution in [3.8, 4) is 0 Å². The van der Waals surface area contributed by atoms with Gasteiger partial charge < -0.3 is 4.98 Å². The van der Waals surface area contributed by atoms with E-state index in [0.29, 0.717) is 22.5 Å². The van der Waals surface area contributed by atoms with E-state index in [4.69, 9.17) is 0 Å². The van der Waals surface area contributed by atoms with Crippen molar-refractivity contribution in [2.75, 3.05) is 0 Å². The number of benzene rings is 1. The van der Waals surface area contributed by atoms with Gasteiger partial charge in [-0.3, -0.25) is 9.59 Å². The minimum absolute atomic E-state index is 0.149. The normalized spacial score (nSPS) is 12.6. The molecular formula is C13H14N2O2S. The Morgan fingerprint density at radius 2 is 2.17 bits per heavy atom. The van der Waals surface area contributed by atoms with Crippen LogP contribution in [0.3, 0.4) is 0 Å². The Kier molecular flexibility index (Phi) is 3.81. The minimum Gasteiger partial charge on any atom is -0.301 e. The molecule has 0 spiro atoms. The van der Waals surface area contributed by atoms with Crippen LogP contribution in [0, 0.1) is 0 Å². The number of carbonyl (C=O) groups excluding carboxylic acids is 1. The number of hydrogen-bond acceptors (Lipinski definition) is 4. The number of nitrogens with one attached hydrogen (secondary N) is 1. The number of ketones is 1. The zero-order valence-electron chi connectivity index (χ0n) is 10.3. The summed E-state index contributed by atoms with van der Waals surface area (Å²) in [6.07, 6.45) is 0.492. The fourth-order valence-corrected chi connectivity index (χ4v) is 2.58. The number of para-hydroxylation sites is 1. The van der Waals surface area contributed by atoms with E-state index in [0.717, 1.165) is 0 Å². The van der Waals surface area contributed by atoms with Crippen LogP contribution in [0.25, 0.3) is 10.9 Å². The molecule has 4 nitrogen and oxygen atoms in total. The third kappa shape index (κ3) is 2.61. The van der Waals surface area contributed by atoms with E-state index in [1.165, 1.54) is 11.8 Å². The Hall–Kier alpha value is -1.62. The number of Topliss-reactive ketones (excluding diaryl/α,β-unsaturated/α-hetero) is 1. The van der Waals surface area contributed by atoms with Crippen molar-refractivity contribution in [1.82, 2.24) is 9.97 Å². The van der Waals surface area contributed by atoms with E-state index >= 15 is 0 Å². The SMILES string of the molecule is CCC(=O)[C@H](C)Sc1nc2ccccc2c(=O)[nH]1. The Bertz CT molecular complexity index is 636. The Morgan fingerprint density at radius 1 is 1.44 bits per heavy atom. The molecule has 0 saturated heterocycles. The number of carbonyl (C=O) groups is 1. The number of nitrogens with zero attached hydrogens (tertiary/aromatic N) is 1. The van der Waals surface area contributed by atoms with Gasteiger partial charge in [-0.05, 0) is 19.1 Å². The molecule has 0 saturated carbocycles. The molecule has 1 aromatic heterocycles. The third-order valence-electron chi connectivity index (χ3n) is 2.68. The number of thioether (sulfide) groups is 1. The van der Waals surface area contributed by atoms with E-state index < -0.39 is 0 Å². The number of rotatable bonds is 4. The van der Waals surface area contributed by atoms with Crippen molar-refractivity contribution < 1.29 is 4.79 Å². The van der Waals surface area contributed by atoms with Crippen molar-refractivity contribution in [3.63, 3.8) is 0 Å². The summed E-state index contributed by atoms with van der Waals surface area (Å²) in [5.74, 6) is 0.149. The number of fused-ring (bicyclic) bond motifs is 1. The highest BCUT2D eigenvalue weighted by Crippen LogP contribution is 2.21. The van der Waals surface area contributed by atoms with Crippen molar-refractivity contribution in [2.45, 2.75) is 30.7 Å². The molecule has 2 rings (SSSR count). The molecule has 0 aliphatic carbocycles. The molecule has 0 amide bonds. The molecule has 0 aliphatic rings. The zero-order valence-corrected chi connectivity index (χ0v) is 11.1. The van der Waals surface area contributed by atoms with Gasteiger partial charge in [-0.2, -0.15) is 0 Å². The van der Waals surface area contributed by atoms with E-state index in [-0.39, 0.29) is 16.6 Å². The maximum Gasteiger partial charge on any atom is 0.259 e. The molecule has 1 heterocycles. The van der Waals surface area contributed by atoms with Crippen LogP contribution < -0.4 is 5.56 Å². The number of aromatic nitrogens is 2. The van der Waals surface area contributed by atoms with Gasteiger partial charge in [-0.1, -0.05) is 30.8 Å². The number of hydrogen-bond donors (Lipinski definition) is 1. The number of aromatic amines is 1. The molecule has 0 aliphatic heterocycles. The average Bonchev–Trinajstić information content (AvgIpc) is 2.37. The molecule has 1 atom stereocenters. The predicted molar refractivity (Wildman–Crippen MR) is 73.0 cm³/mol. The minimum atomic E-state index is -0.195. The standard InChI is InChI=1S/C13H14N2O2S/c1-3-11(16)8(2)18-13-14-10-7-5-4-6-9(10)12(17)15-13/h4-8H,3H2,1-2H3,(H,14,15,17)/t8-/m0/s1. The highest BCUT2D eigenvalue weighted by Gasteiger charge is 2.14. The van der Waals surface area contributed by atoms with Crippen LogP contribution in [-0.2, 0) is 4.79 Å². The van der Waals surface area contributed by atoms with Gasteiger partial charge in [-0.25, -0.2) is 4.98 Å². The second-order valence-corrected chi connectivity index (χ2v) is 5.30. The van der Waals surface area contributed by atoms with Crippen LogP contribution in [0.2, 0.25) is 0 Å². The first-order chi connectivity index (χ1) is 8.61. The largest absolute Gasteiger partial charge is 0.301 e. The van der Waals surface area contributed by atoms with Crippen LogP contribution in [0.4, 0.5) is 0 Å². The first-order valence-electron chi connectivity index (χ1n) is 5.80. The lowest BCUT2D eigenvalue weighted by Crippen LogP contribution is -2.15. The lowest BCUT2D eigenvalue weighted by molar-refractivity contribution is -0.118. The van der Waals surface area contributed by atoms with Gasteiger partial charge >= 0.3 is 0 Å². The summed E-state index contributed by atoms with van der Waals surface area (Å²) in [5, 5.41) is 0.864. The molecule has 2 aromatic rings. The molecule has 0 bridgehead atoms. The predicted octanol–water partition coefficient (Wildman–Crippen LogP) is 2.38. The van der Waals surface area contributed by atoms with E-state index in [9.17, 15) is 9.59 Å². The third-order valence-corrected chi connectivity index (χ3v) is 3.71. The lowest BCUT2D eigenvalue weighted by atomic mass is 10.2. The van der Waals surface area contributed by atoms with Crippen LogP contribution in [-0.4, -0.2) is 21.0 Å². The zero-order chi connectivity index (χ0) is 13.1. The van der Waals surface area contributed by atoms with Gasteiger partial charge in [0, 0.05) is 6.42 Å². The molecule has 1 N–H and O–H groups in total. The van der Waals surface area contributed by atoms with E-state index in [2.05, 4.69) is 9.97 Å². The van der Waals surface area contributed by atoms with Crippen molar-refractivity contribution in [2.24, 2.45) is 0 Å². The molecule has 0 radical (unpaired) electrons. The summed E-state index contributed by atoms with van der Waals surface area (Å²) in [6.45, 7) is 3.65. The van der Waals surface area contributed by atoms with Crippen molar-refractivity contribution >= 4 is 28.4 Å². The summed E-state index contributed by atoms with van der Waals surface area (Å²) in [5.41, 5.74) is 0.485. The Labute approximate surface area is 109 Å². The van der Waals surface area contributed by atoms with Gasteiger partial charge in [0.2, 0.25) is 0 Å². The van der Waals surface area contributed by atoms with Gasteiger partial charge in [0.25, 0.3) is 5.56 Å².